The van der Waals surface area contributed by atoms with Crippen LogP contribution in [0.5, 0.6) is 0 Å². The molecule has 20 heavy (non-hydrogen) atoms. The number of sulfonamides is 1. The summed E-state index contributed by atoms with van der Waals surface area (Å²) in [4.78, 5) is 9.05. The minimum Gasteiger partial charge on any atom is -0.384 e. The highest BCUT2D eigenvalue weighted by atomic mass is 32.2. The van der Waals surface area contributed by atoms with E-state index in [0.717, 1.165) is 10.6 Å². The van der Waals surface area contributed by atoms with Crippen LogP contribution < -0.4 is 10.0 Å². The molecule has 0 saturated carbocycles. The third-order valence-electron chi connectivity index (χ3n) is 2.71. The molecule has 0 fully saturated rings. The van der Waals surface area contributed by atoms with Gasteiger partial charge in [-0.2, -0.15) is 0 Å². The molecule has 0 aromatic carbocycles. The maximum Gasteiger partial charge on any atom is 0.244 e. The highest BCUT2D eigenvalue weighted by molar-refractivity contribution is 7.89. The van der Waals surface area contributed by atoms with Crippen molar-refractivity contribution in [3.8, 4) is 0 Å². The Bertz CT molecular complexity index is 682. The molecule has 0 amide bonds. The van der Waals surface area contributed by atoms with Gasteiger partial charge in [-0.15, -0.1) is 11.3 Å². The summed E-state index contributed by atoms with van der Waals surface area (Å²) in [6.07, 6.45) is 2.91. The van der Waals surface area contributed by atoms with Crippen LogP contribution in [0.1, 0.15) is 17.5 Å². The minimum absolute atomic E-state index is 0.156. The third-order valence-corrected chi connectivity index (χ3v) is 5.07. The van der Waals surface area contributed by atoms with Gasteiger partial charge in [0.25, 0.3) is 0 Å². The molecule has 0 aliphatic rings. The number of thiazole rings is 1. The molecule has 6 nitrogen and oxygen atoms in total. The van der Waals surface area contributed by atoms with E-state index in [2.05, 4.69) is 20.0 Å². The Morgan fingerprint density at radius 1 is 1.40 bits per heavy atom. The average molecular weight is 312 g/mol. The van der Waals surface area contributed by atoms with Gasteiger partial charge in [0.05, 0.1) is 16.9 Å². The molecule has 2 aromatic heterocycles. The molecule has 0 unspecified atom stereocenters. The summed E-state index contributed by atoms with van der Waals surface area (Å²) < 4.78 is 27.2. The van der Waals surface area contributed by atoms with Gasteiger partial charge in [0.15, 0.2) is 0 Å². The van der Waals surface area contributed by atoms with Gasteiger partial charge in [-0.05, 0) is 19.9 Å². The Balaban J connectivity index is 2.20. The van der Waals surface area contributed by atoms with E-state index in [1.165, 1.54) is 17.5 Å². The van der Waals surface area contributed by atoms with E-state index >= 15 is 0 Å². The molecule has 0 aliphatic heterocycles. The summed E-state index contributed by atoms with van der Waals surface area (Å²) in [6, 6.07) is 1.65. The summed E-state index contributed by atoms with van der Waals surface area (Å²) in [6.45, 7) is 4.64. The number of anilines is 1. The Labute approximate surface area is 122 Å². The number of aryl methyl sites for hydroxylation is 1. The van der Waals surface area contributed by atoms with Gasteiger partial charge in [0.1, 0.15) is 4.90 Å². The van der Waals surface area contributed by atoms with E-state index < -0.39 is 10.0 Å². The monoisotopic (exact) mass is 312 g/mol. The Morgan fingerprint density at radius 2 is 2.20 bits per heavy atom. The minimum atomic E-state index is -3.60. The highest BCUT2D eigenvalue weighted by Gasteiger charge is 2.19. The van der Waals surface area contributed by atoms with Crippen molar-refractivity contribution >= 4 is 27.0 Å². The maximum atomic E-state index is 12.3. The number of pyridine rings is 1. The highest BCUT2D eigenvalue weighted by Crippen LogP contribution is 2.20. The molecule has 2 aromatic rings. The van der Waals surface area contributed by atoms with Gasteiger partial charge in [0, 0.05) is 30.4 Å². The SMILES string of the molecule is CCNc1ccncc1S(=O)(=O)NCc1scnc1C. The zero-order valence-corrected chi connectivity index (χ0v) is 12.9. The summed E-state index contributed by atoms with van der Waals surface area (Å²) >= 11 is 1.43. The Kier molecular flexibility index (Phi) is 4.69. The van der Waals surface area contributed by atoms with Gasteiger partial charge >= 0.3 is 0 Å². The Morgan fingerprint density at radius 3 is 2.85 bits per heavy atom. The Hall–Kier alpha value is -1.51. The van der Waals surface area contributed by atoms with Gasteiger partial charge in [0.2, 0.25) is 10.0 Å². The van der Waals surface area contributed by atoms with Crippen LogP contribution >= 0.6 is 11.3 Å². The molecule has 0 saturated heterocycles. The van der Waals surface area contributed by atoms with Gasteiger partial charge < -0.3 is 5.32 Å². The number of rotatable bonds is 6. The topological polar surface area (TPSA) is 84.0 Å². The van der Waals surface area contributed by atoms with Crippen LogP contribution in [0.2, 0.25) is 0 Å². The number of nitrogens with zero attached hydrogens (tertiary/aromatic N) is 2. The maximum absolute atomic E-state index is 12.3. The second-order valence-electron chi connectivity index (χ2n) is 4.09. The molecular formula is C12H16N4O2S2. The normalized spacial score (nSPS) is 11.5. The number of hydrogen-bond acceptors (Lipinski definition) is 6. The first-order valence-electron chi connectivity index (χ1n) is 6.11. The van der Waals surface area contributed by atoms with E-state index in [1.807, 2.05) is 13.8 Å². The molecule has 0 spiro atoms. The third kappa shape index (κ3) is 3.33. The predicted octanol–water partition coefficient (Wildman–Crippen LogP) is 1.76. The van der Waals surface area contributed by atoms with Crippen molar-refractivity contribution in [3.63, 3.8) is 0 Å². The van der Waals surface area contributed by atoms with Crippen molar-refractivity contribution < 1.29 is 8.42 Å². The second-order valence-corrected chi connectivity index (χ2v) is 6.76. The fourth-order valence-corrected chi connectivity index (χ4v) is 3.59. The molecule has 2 heterocycles. The summed E-state index contributed by atoms with van der Waals surface area (Å²) in [5.74, 6) is 0. The molecular weight excluding hydrogens is 296 g/mol. The van der Waals surface area contributed by atoms with Crippen molar-refractivity contribution in [2.75, 3.05) is 11.9 Å². The summed E-state index contributed by atoms with van der Waals surface area (Å²) in [5.41, 5.74) is 3.10. The lowest BCUT2D eigenvalue weighted by molar-refractivity contribution is 0.581. The van der Waals surface area contributed by atoms with Crippen molar-refractivity contribution in [2.45, 2.75) is 25.3 Å². The van der Waals surface area contributed by atoms with Crippen LogP contribution in [0, 0.1) is 6.92 Å². The van der Waals surface area contributed by atoms with Crippen LogP contribution in [0.15, 0.2) is 28.9 Å². The molecule has 0 bridgehead atoms. The van der Waals surface area contributed by atoms with Crippen molar-refractivity contribution in [1.29, 1.82) is 0 Å². The molecule has 2 rings (SSSR count). The smallest absolute Gasteiger partial charge is 0.244 e. The van der Waals surface area contributed by atoms with E-state index in [-0.39, 0.29) is 11.4 Å². The lowest BCUT2D eigenvalue weighted by atomic mass is 10.4. The zero-order chi connectivity index (χ0) is 14.6. The van der Waals surface area contributed by atoms with Gasteiger partial charge in [-0.25, -0.2) is 18.1 Å². The first-order valence-corrected chi connectivity index (χ1v) is 8.47. The predicted molar refractivity (Wildman–Crippen MR) is 79.3 cm³/mol. The fraction of sp³-hybridized carbons (Fsp3) is 0.333. The lowest BCUT2D eigenvalue weighted by Gasteiger charge is -2.11. The first-order chi connectivity index (χ1) is 9.54. The number of aromatic nitrogens is 2. The fourth-order valence-electron chi connectivity index (χ4n) is 1.66. The zero-order valence-electron chi connectivity index (χ0n) is 11.3. The van der Waals surface area contributed by atoms with Crippen LogP contribution in [0.25, 0.3) is 0 Å². The van der Waals surface area contributed by atoms with Gasteiger partial charge in [-0.3, -0.25) is 4.98 Å². The standard InChI is InChI=1S/C12H16N4O2S2/c1-3-14-10-4-5-13-7-12(10)20(17,18)16-6-11-9(2)15-8-19-11/h4-5,7-8,16H,3,6H2,1-2H3,(H,13,14). The number of hydrogen-bond donors (Lipinski definition) is 2. The summed E-state index contributed by atoms with van der Waals surface area (Å²) in [5, 5.41) is 3.02. The molecule has 0 radical (unpaired) electrons. The quantitative estimate of drug-likeness (QED) is 0.849. The summed E-state index contributed by atoms with van der Waals surface area (Å²) in [7, 11) is -3.60. The van der Waals surface area contributed by atoms with E-state index in [1.54, 1.807) is 17.8 Å². The van der Waals surface area contributed by atoms with Crippen molar-refractivity contribution in [2.24, 2.45) is 0 Å². The average Bonchev–Trinajstić information content (AvgIpc) is 2.83. The molecule has 0 atom stereocenters. The van der Waals surface area contributed by atoms with E-state index in [0.29, 0.717) is 12.2 Å². The van der Waals surface area contributed by atoms with Crippen LogP contribution in [0.3, 0.4) is 0 Å². The molecule has 8 heteroatoms. The second kappa shape index (κ2) is 6.29. The molecule has 108 valence electrons. The van der Waals surface area contributed by atoms with Crippen LogP contribution in [-0.4, -0.2) is 24.9 Å². The van der Waals surface area contributed by atoms with E-state index in [4.69, 9.17) is 0 Å². The van der Waals surface area contributed by atoms with E-state index in [9.17, 15) is 8.42 Å². The van der Waals surface area contributed by atoms with Gasteiger partial charge in [-0.1, -0.05) is 0 Å². The lowest BCUT2D eigenvalue weighted by Crippen LogP contribution is -2.24. The molecule has 2 N–H and O–H groups in total. The first kappa shape index (κ1) is 14.9. The van der Waals surface area contributed by atoms with Crippen molar-refractivity contribution in [1.82, 2.24) is 14.7 Å². The van der Waals surface area contributed by atoms with Crippen molar-refractivity contribution in [3.05, 3.63) is 34.5 Å². The van der Waals surface area contributed by atoms with Crippen LogP contribution in [-0.2, 0) is 16.6 Å². The van der Waals surface area contributed by atoms with Crippen LogP contribution in [0.4, 0.5) is 5.69 Å². The number of nitrogens with one attached hydrogen (secondary N) is 2. The largest absolute Gasteiger partial charge is 0.384 e. The molecule has 0 aliphatic carbocycles.